The van der Waals surface area contributed by atoms with Crippen molar-refractivity contribution in [2.45, 2.75) is 57.4 Å². The highest BCUT2D eigenvalue weighted by Gasteiger charge is 2.39. The molecule has 0 bridgehead atoms. The van der Waals surface area contributed by atoms with Gasteiger partial charge in [-0.05, 0) is 74.2 Å². The van der Waals surface area contributed by atoms with Crippen molar-refractivity contribution in [1.82, 2.24) is 16.0 Å². The topological polar surface area (TPSA) is 141 Å². The first kappa shape index (κ1) is 35.7. The van der Waals surface area contributed by atoms with Crippen molar-refractivity contribution in [1.29, 1.82) is 0 Å². The number of esters is 1. The molecule has 0 saturated heterocycles. The molecule has 11 nitrogen and oxygen atoms in total. The molecule has 0 aliphatic carbocycles. The first-order chi connectivity index (χ1) is 23.2. The minimum Gasteiger partial charge on any atom is -0.497 e. The van der Waals surface area contributed by atoms with Crippen molar-refractivity contribution in [2.24, 2.45) is 0 Å². The van der Waals surface area contributed by atoms with Crippen LogP contribution in [0.1, 0.15) is 48.2 Å². The summed E-state index contributed by atoms with van der Waals surface area (Å²) in [5, 5.41) is 8.39. The Balaban J connectivity index is 1.49. The molecule has 3 aromatic carbocycles. The minimum atomic E-state index is -1.08. The molecule has 11 heteroatoms. The number of rotatable bonds is 11. The third-order valence-electron chi connectivity index (χ3n) is 7.87. The van der Waals surface area contributed by atoms with Gasteiger partial charge in [0.15, 0.2) is 0 Å². The fourth-order valence-corrected chi connectivity index (χ4v) is 5.29. The van der Waals surface area contributed by atoms with Gasteiger partial charge in [-0.15, -0.1) is 0 Å². The lowest BCUT2D eigenvalue weighted by Gasteiger charge is -2.38. The maximum absolute atomic E-state index is 13.3. The van der Waals surface area contributed by atoms with Crippen LogP contribution in [0.5, 0.6) is 11.5 Å². The highest BCUT2D eigenvalue weighted by molar-refractivity contribution is 5.98. The average Bonchev–Trinajstić information content (AvgIpc) is 3.10. The van der Waals surface area contributed by atoms with Crippen molar-refractivity contribution in [3.8, 4) is 11.5 Å². The number of carbonyl (C=O) groups excluding carboxylic acids is 4. The van der Waals surface area contributed by atoms with Gasteiger partial charge in [0.2, 0.25) is 11.8 Å². The summed E-state index contributed by atoms with van der Waals surface area (Å²) in [5.41, 5.74) is 1.19. The molecule has 0 radical (unpaired) electrons. The number of ether oxygens (including phenoxy) is 4. The number of benzene rings is 3. The number of amides is 3. The van der Waals surface area contributed by atoms with Gasteiger partial charge >= 0.3 is 5.97 Å². The van der Waals surface area contributed by atoms with Gasteiger partial charge in [0.05, 0.1) is 44.9 Å². The molecule has 0 saturated carbocycles. The standard InChI is InChI=1S/C37H43N3O8/c1-4-46-34(42)22-32-37(2,23-26-13-17-30(18-14-26)48-25-27-10-6-5-7-11-27)40-33(41)24-38-36(44)31(12-8-9-21-47-32)39-35(43)28-15-19-29(45-3)20-16-28/h5-11,13-20,31-32H,4,12,21-25H2,1-3H3,(H,38,44)(H,39,43)(H,40,41)/b9-8+/t31-,32+,37+/m1/s1. The SMILES string of the molecule is CCOC(=O)C[C@@H]1OC/C=C/C[C@@H](NC(=O)c2ccc(OC)cc2)C(=O)NCC(=O)N[C@@]1(C)Cc1ccc(OCc2ccccc2)cc1. The molecule has 1 aliphatic heterocycles. The lowest BCUT2D eigenvalue weighted by Crippen LogP contribution is -2.59. The molecule has 4 rings (SSSR count). The van der Waals surface area contributed by atoms with Gasteiger partial charge < -0.3 is 34.9 Å². The molecule has 3 N–H and O–H groups in total. The Hall–Kier alpha value is -5.16. The number of hydrogen-bond acceptors (Lipinski definition) is 8. The Labute approximate surface area is 281 Å². The van der Waals surface area contributed by atoms with Crippen LogP contribution in [0, 0.1) is 0 Å². The fraction of sp³-hybridized carbons (Fsp3) is 0.351. The third kappa shape index (κ3) is 10.7. The molecule has 0 fully saturated rings. The first-order valence-corrected chi connectivity index (χ1v) is 15.9. The molecule has 254 valence electrons. The van der Waals surface area contributed by atoms with Gasteiger partial charge in [-0.3, -0.25) is 19.2 Å². The second-order valence-electron chi connectivity index (χ2n) is 11.6. The van der Waals surface area contributed by atoms with Crippen LogP contribution in [0.4, 0.5) is 0 Å². The number of hydrogen-bond donors (Lipinski definition) is 3. The van der Waals surface area contributed by atoms with Gasteiger partial charge in [-0.2, -0.15) is 0 Å². The Kier molecular flexibility index (Phi) is 13.1. The van der Waals surface area contributed by atoms with Crippen molar-refractivity contribution in [3.63, 3.8) is 0 Å². The summed E-state index contributed by atoms with van der Waals surface area (Å²) in [7, 11) is 1.53. The van der Waals surface area contributed by atoms with Crippen LogP contribution in [0.3, 0.4) is 0 Å². The molecule has 3 atom stereocenters. The molecular weight excluding hydrogens is 614 g/mol. The van der Waals surface area contributed by atoms with Crippen LogP contribution in [-0.4, -0.2) is 68.2 Å². The first-order valence-electron chi connectivity index (χ1n) is 15.9. The van der Waals surface area contributed by atoms with E-state index in [1.54, 1.807) is 50.3 Å². The predicted molar refractivity (Wildman–Crippen MR) is 179 cm³/mol. The van der Waals surface area contributed by atoms with Gasteiger partial charge in [0.25, 0.3) is 5.91 Å². The highest BCUT2D eigenvalue weighted by atomic mass is 16.5. The number of carbonyl (C=O) groups is 4. The zero-order valence-electron chi connectivity index (χ0n) is 27.5. The molecule has 48 heavy (non-hydrogen) atoms. The van der Waals surface area contributed by atoms with E-state index in [1.807, 2.05) is 54.6 Å². The van der Waals surface area contributed by atoms with E-state index in [0.717, 1.165) is 11.1 Å². The number of nitrogens with one attached hydrogen (secondary N) is 3. The van der Waals surface area contributed by atoms with E-state index in [0.29, 0.717) is 30.1 Å². The summed E-state index contributed by atoms with van der Waals surface area (Å²) in [4.78, 5) is 52.1. The van der Waals surface area contributed by atoms with Gasteiger partial charge in [0, 0.05) is 5.56 Å². The summed E-state index contributed by atoms with van der Waals surface area (Å²) in [6, 6.07) is 22.9. The lowest BCUT2D eigenvalue weighted by molar-refractivity contribution is -0.148. The summed E-state index contributed by atoms with van der Waals surface area (Å²) in [6.07, 6.45) is 3.01. The normalized spacial score (nSPS) is 20.8. The summed E-state index contributed by atoms with van der Waals surface area (Å²) in [6.45, 7) is 3.88. The van der Waals surface area contributed by atoms with Crippen LogP contribution in [0.25, 0.3) is 0 Å². The minimum absolute atomic E-state index is 0.0859. The van der Waals surface area contributed by atoms with Crippen LogP contribution >= 0.6 is 0 Å². The van der Waals surface area contributed by atoms with Crippen LogP contribution < -0.4 is 25.4 Å². The largest absolute Gasteiger partial charge is 0.497 e. The Morgan fingerprint density at radius 3 is 2.33 bits per heavy atom. The molecule has 0 unspecified atom stereocenters. The number of methoxy groups -OCH3 is 1. The highest BCUT2D eigenvalue weighted by Crippen LogP contribution is 2.25. The lowest BCUT2D eigenvalue weighted by atomic mass is 9.85. The Bertz CT molecular complexity index is 1540. The predicted octanol–water partition coefficient (Wildman–Crippen LogP) is 3.90. The van der Waals surface area contributed by atoms with Crippen molar-refractivity contribution >= 4 is 23.7 Å². The van der Waals surface area contributed by atoms with E-state index in [2.05, 4.69) is 16.0 Å². The monoisotopic (exact) mass is 657 g/mol. The molecule has 0 aromatic heterocycles. The van der Waals surface area contributed by atoms with E-state index < -0.39 is 41.4 Å². The van der Waals surface area contributed by atoms with Crippen molar-refractivity contribution in [2.75, 3.05) is 26.9 Å². The van der Waals surface area contributed by atoms with E-state index in [-0.39, 0.29) is 32.6 Å². The second-order valence-corrected chi connectivity index (χ2v) is 11.6. The van der Waals surface area contributed by atoms with E-state index in [9.17, 15) is 19.2 Å². The van der Waals surface area contributed by atoms with E-state index in [4.69, 9.17) is 18.9 Å². The molecular formula is C37H43N3O8. The van der Waals surface area contributed by atoms with E-state index >= 15 is 0 Å². The summed E-state index contributed by atoms with van der Waals surface area (Å²) in [5.74, 6) is -0.637. The molecule has 3 amide bonds. The molecule has 1 heterocycles. The second kappa shape index (κ2) is 17.7. The van der Waals surface area contributed by atoms with Crippen LogP contribution in [0.15, 0.2) is 91.0 Å². The van der Waals surface area contributed by atoms with Gasteiger partial charge in [-0.25, -0.2) is 0 Å². The average molecular weight is 658 g/mol. The third-order valence-corrected chi connectivity index (χ3v) is 7.87. The Morgan fingerprint density at radius 1 is 0.938 bits per heavy atom. The summed E-state index contributed by atoms with van der Waals surface area (Å²) >= 11 is 0. The van der Waals surface area contributed by atoms with Crippen molar-refractivity contribution < 1.29 is 38.1 Å². The smallest absolute Gasteiger partial charge is 0.308 e. The Morgan fingerprint density at radius 2 is 1.65 bits per heavy atom. The maximum Gasteiger partial charge on any atom is 0.308 e. The zero-order chi connectivity index (χ0) is 34.4. The summed E-state index contributed by atoms with van der Waals surface area (Å²) < 4.78 is 22.5. The molecule has 0 spiro atoms. The fourth-order valence-electron chi connectivity index (χ4n) is 5.29. The van der Waals surface area contributed by atoms with Gasteiger partial charge in [-0.1, -0.05) is 54.6 Å². The van der Waals surface area contributed by atoms with E-state index in [1.165, 1.54) is 7.11 Å². The molecule has 1 aliphatic rings. The quantitative estimate of drug-likeness (QED) is 0.208. The van der Waals surface area contributed by atoms with Crippen LogP contribution in [0.2, 0.25) is 0 Å². The van der Waals surface area contributed by atoms with Crippen LogP contribution in [-0.2, 0) is 36.9 Å². The van der Waals surface area contributed by atoms with Crippen molar-refractivity contribution in [3.05, 3.63) is 108 Å². The zero-order valence-corrected chi connectivity index (χ0v) is 27.5. The maximum atomic E-state index is 13.3. The molecule has 3 aromatic rings. The van der Waals surface area contributed by atoms with Gasteiger partial charge in [0.1, 0.15) is 24.1 Å².